The van der Waals surface area contributed by atoms with Crippen LogP contribution in [0, 0.1) is 6.92 Å². The van der Waals surface area contributed by atoms with Crippen LogP contribution in [0.2, 0.25) is 0 Å². The van der Waals surface area contributed by atoms with E-state index in [1.54, 1.807) is 6.07 Å². The molecule has 5 nitrogen and oxygen atoms in total. The topological polar surface area (TPSA) is 66.9 Å². The number of carbonyl (C=O) groups excluding carboxylic acids is 1. The van der Waals surface area contributed by atoms with Crippen molar-refractivity contribution in [3.05, 3.63) is 71.9 Å². The molecule has 2 N–H and O–H groups in total. The molecule has 138 valence electrons. The highest BCUT2D eigenvalue weighted by Gasteiger charge is 2.17. The highest BCUT2D eigenvalue weighted by atomic mass is 16.1. The van der Waals surface area contributed by atoms with E-state index in [9.17, 15) is 4.79 Å². The number of anilines is 2. The fraction of sp³-hybridized carbons (Fsp3) is 0.227. The zero-order valence-corrected chi connectivity index (χ0v) is 16.1. The van der Waals surface area contributed by atoms with Gasteiger partial charge in [0, 0.05) is 22.9 Å². The van der Waals surface area contributed by atoms with Gasteiger partial charge in [-0.15, -0.1) is 0 Å². The maximum Gasteiger partial charge on any atom is 0.274 e. The Kier molecular flexibility index (Phi) is 5.21. The lowest BCUT2D eigenvalue weighted by Crippen LogP contribution is -2.27. The number of nitrogens with one attached hydrogen (secondary N) is 2. The Morgan fingerprint density at radius 1 is 0.926 bits per heavy atom. The molecule has 0 saturated carbocycles. The van der Waals surface area contributed by atoms with Crippen LogP contribution in [-0.2, 0) is 0 Å². The number of rotatable bonds is 4. The average Bonchev–Trinajstić information content (AvgIpc) is 2.62. The molecule has 0 aliphatic carbocycles. The van der Waals surface area contributed by atoms with Crippen molar-refractivity contribution in [2.75, 3.05) is 10.6 Å². The molecule has 0 bridgehead atoms. The summed E-state index contributed by atoms with van der Waals surface area (Å²) in [6.07, 6.45) is 0. The summed E-state index contributed by atoms with van der Waals surface area (Å²) in [5, 5.41) is 6.27. The summed E-state index contributed by atoms with van der Waals surface area (Å²) in [7, 11) is 0. The Hall–Kier alpha value is -3.21. The molecule has 1 heterocycles. The molecular formula is C22H24N4O. The quantitative estimate of drug-likeness (QED) is 0.693. The number of aryl methyl sites for hydroxylation is 1. The van der Waals surface area contributed by atoms with Gasteiger partial charge in [-0.2, -0.15) is 0 Å². The van der Waals surface area contributed by atoms with Gasteiger partial charge in [-0.25, -0.2) is 9.97 Å². The van der Waals surface area contributed by atoms with Crippen LogP contribution < -0.4 is 10.6 Å². The molecule has 3 aromatic rings. The molecule has 27 heavy (non-hydrogen) atoms. The fourth-order valence-electron chi connectivity index (χ4n) is 2.63. The fourth-order valence-corrected chi connectivity index (χ4v) is 2.63. The van der Waals surface area contributed by atoms with Gasteiger partial charge in [0.2, 0.25) is 0 Å². The number of para-hydroxylation sites is 1. The van der Waals surface area contributed by atoms with Gasteiger partial charge in [-0.3, -0.25) is 4.79 Å². The van der Waals surface area contributed by atoms with Crippen LogP contribution in [-0.4, -0.2) is 21.4 Å². The van der Waals surface area contributed by atoms with Gasteiger partial charge < -0.3 is 10.6 Å². The van der Waals surface area contributed by atoms with Gasteiger partial charge in [0.25, 0.3) is 5.91 Å². The summed E-state index contributed by atoms with van der Waals surface area (Å²) >= 11 is 0. The Morgan fingerprint density at radius 2 is 1.59 bits per heavy atom. The van der Waals surface area contributed by atoms with Crippen LogP contribution in [0.5, 0.6) is 0 Å². The highest BCUT2D eigenvalue weighted by molar-refractivity contribution is 6.04. The number of hydrogen-bond acceptors (Lipinski definition) is 4. The van der Waals surface area contributed by atoms with Gasteiger partial charge in [0.05, 0.1) is 0 Å². The summed E-state index contributed by atoms with van der Waals surface area (Å²) in [4.78, 5) is 21.9. The monoisotopic (exact) mass is 360 g/mol. The number of aromatic nitrogens is 2. The summed E-state index contributed by atoms with van der Waals surface area (Å²) < 4.78 is 0. The largest absolute Gasteiger partial charge is 0.365 e. The van der Waals surface area contributed by atoms with E-state index in [2.05, 4.69) is 20.6 Å². The van der Waals surface area contributed by atoms with E-state index in [-0.39, 0.29) is 11.4 Å². The lowest BCUT2D eigenvalue weighted by atomic mass is 10.1. The Labute approximate surface area is 159 Å². The predicted molar refractivity (Wildman–Crippen MR) is 110 cm³/mol. The molecule has 1 amide bonds. The number of carbonyl (C=O) groups is 1. The van der Waals surface area contributed by atoms with E-state index in [1.165, 1.54) is 0 Å². The maximum atomic E-state index is 12.8. The minimum Gasteiger partial charge on any atom is -0.365 e. The number of benzene rings is 2. The first kappa shape index (κ1) is 18.6. The third kappa shape index (κ3) is 4.91. The minimum absolute atomic E-state index is 0.188. The molecule has 0 unspecified atom stereocenters. The Balaban J connectivity index is 1.99. The summed E-state index contributed by atoms with van der Waals surface area (Å²) in [6, 6.07) is 19.0. The summed E-state index contributed by atoms with van der Waals surface area (Å²) in [5.41, 5.74) is 2.76. The molecule has 3 rings (SSSR count). The van der Waals surface area contributed by atoms with E-state index >= 15 is 0 Å². The second-order valence-electron chi connectivity index (χ2n) is 7.47. The first-order valence-corrected chi connectivity index (χ1v) is 8.91. The molecule has 1 aromatic heterocycles. The second-order valence-corrected chi connectivity index (χ2v) is 7.47. The lowest BCUT2D eigenvalue weighted by molar-refractivity contribution is 0.102. The maximum absolute atomic E-state index is 12.8. The van der Waals surface area contributed by atoms with Gasteiger partial charge >= 0.3 is 0 Å². The molecule has 0 fully saturated rings. The van der Waals surface area contributed by atoms with E-state index in [0.29, 0.717) is 17.3 Å². The van der Waals surface area contributed by atoms with Crippen molar-refractivity contribution < 1.29 is 4.79 Å². The smallest absolute Gasteiger partial charge is 0.274 e. The molecule has 2 aromatic carbocycles. The van der Waals surface area contributed by atoms with Crippen molar-refractivity contribution in [2.24, 2.45) is 0 Å². The first-order valence-electron chi connectivity index (χ1n) is 8.91. The standard InChI is InChI=1S/C22H24N4O/c1-15-10-8-9-13-17(15)24-21(27)18-14-19(26-22(2,3)4)25-20(23-18)16-11-6-5-7-12-16/h5-14H,1-4H3,(H,24,27)(H,23,25,26). The Morgan fingerprint density at radius 3 is 2.26 bits per heavy atom. The van der Waals surface area contributed by atoms with Crippen LogP contribution in [0.25, 0.3) is 11.4 Å². The van der Waals surface area contributed by atoms with Gasteiger partial charge in [-0.05, 0) is 39.3 Å². The van der Waals surface area contributed by atoms with E-state index < -0.39 is 0 Å². The highest BCUT2D eigenvalue weighted by Crippen LogP contribution is 2.21. The van der Waals surface area contributed by atoms with Gasteiger partial charge in [0.15, 0.2) is 5.82 Å². The van der Waals surface area contributed by atoms with Crippen LogP contribution in [0.3, 0.4) is 0 Å². The molecule has 0 radical (unpaired) electrons. The van der Waals surface area contributed by atoms with Crippen molar-refractivity contribution in [2.45, 2.75) is 33.2 Å². The van der Waals surface area contributed by atoms with Crippen molar-refractivity contribution in [3.8, 4) is 11.4 Å². The zero-order valence-electron chi connectivity index (χ0n) is 16.1. The second kappa shape index (κ2) is 7.58. The SMILES string of the molecule is Cc1ccccc1NC(=O)c1cc(NC(C)(C)C)nc(-c2ccccc2)n1. The summed E-state index contributed by atoms with van der Waals surface area (Å²) in [5.74, 6) is 0.868. The van der Waals surface area contributed by atoms with Crippen LogP contribution in [0.15, 0.2) is 60.7 Å². The normalized spacial score (nSPS) is 11.1. The number of hydrogen-bond donors (Lipinski definition) is 2. The van der Waals surface area contributed by atoms with Gasteiger partial charge in [0.1, 0.15) is 11.5 Å². The molecule has 0 aliphatic rings. The van der Waals surface area contributed by atoms with E-state index in [0.717, 1.165) is 16.8 Å². The van der Waals surface area contributed by atoms with Crippen molar-refractivity contribution >= 4 is 17.4 Å². The zero-order chi connectivity index (χ0) is 19.4. The first-order chi connectivity index (χ1) is 12.8. The number of amides is 1. The molecule has 0 aliphatic heterocycles. The molecule has 0 spiro atoms. The number of nitrogens with zero attached hydrogens (tertiary/aromatic N) is 2. The van der Waals surface area contributed by atoms with Crippen molar-refractivity contribution in [1.29, 1.82) is 0 Å². The van der Waals surface area contributed by atoms with Gasteiger partial charge in [-0.1, -0.05) is 48.5 Å². The van der Waals surface area contributed by atoms with Crippen LogP contribution in [0.4, 0.5) is 11.5 Å². The Bertz CT molecular complexity index is 946. The van der Waals surface area contributed by atoms with Crippen LogP contribution in [0.1, 0.15) is 36.8 Å². The summed E-state index contributed by atoms with van der Waals surface area (Å²) in [6.45, 7) is 8.09. The predicted octanol–water partition coefficient (Wildman–Crippen LogP) is 4.91. The van der Waals surface area contributed by atoms with Crippen LogP contribution >= 0.6 is 0 Å². The third-order valence-electron chi connectivity index (χ3n) is 3.89. The lowest BCUT2D eigenvalue weighted by Gasteiger charge is -2.22. The van der Waals surface area contributed by atoms with Crippen molar-refractivity contribution in [1.82, 2.24) is 9.97 Å². The van der Waals surface area contributed by atoms with E-state index in [4.69, 9.17) is 0 Å². The third-order valence-corrected chi connectivity index (χ3v) is 3.89. The molecule has 5 heteroatoms. The average molecular weight is 360 g/mol. The molecule has 0 saturated heterocycles. The molecule has 0 atom stereocenters. The minimum atomic E-state index is -0.263. The molecular weight excluding hydrogens is 336 g/mol. The van der Waals surface area contributed by atoms with E-state index in [1.807, 2.05) is 82.3 Å². The van der Waals surface area contributed by atoms with Crippen molar-refractivity contribution in [3.63, 3.8) is 0 Å².